The molecule has 4 rings (SSSR count). The van der Waals surface area contributed by atoms with Crippen LogP contribution in [-0.4, -0.2) is 24.8 Å². The Balaban J connectivity index is 1.58. The van der Waals surface area contributed by atoms with Crippen molar-refractivity contribution in [1.29, 1.82) is 0 Å². The summed E-state index contributed by atoms with van der Waals surface area (Å²) in [6.07, 6.45) is 0.198. The number of methoxy groups -OCH3 is 1. The number of carbonyl (C=O) groups is 1. The molecule has 0 spiro atoms. The number of benzene rings is 3. The largest absolute Gasteiger partial charge is 0.493 e. The van der Waals surface area contributed by atoms with Gasteiger partial charge in [-0.3, -0.25) is 0 Å². The lowest BCUT2D eigenvalue weighted by Crippen LogP contribution is -2.27. The molecule has 0 fully saturated rings. The molecule has 3 aromatic carbocycles. The molecule has 2 unspecified atom stereocenters. The molecular weight excluding hydrogens is 352 g/mol. The van der Waals surface area contributed by atoms with Crippen molar-refractivity contribution >= 4 is 5.97 Å². The highest BCUT2D eigenvalue weighted by atomic mass is 16.5. The van der Waals surface area contributed by atoms with Crippen LogP contribution in [0.1, 0.15) is 27.6 Å². The van der Waals surface area contributed by atoms with E-state index in [1.807, 2.05) is 48.5 Å². The zero-order valence-corrected chi connectivity index (χ0v) is 15.7. The van der Waals surface area contributed by atoms with Crippen LogP contribution in [0.5, 0.6) is 5.75 Å². The maximum absolute atomic E-state index is 11.8. The minimum Gasteiger partial charge on any atom is -0.493 e. The van der Waals surface area contributed by atoms with Crippen LogP contribution in [0, 0.1) is 5.92 Å². The number of esters is 1. The van der Waals surface area contributed by atoms with E-state index in [1.54, 1.807) is 12.1 Å². The van der Waals surface area contributed by atoms with Crippen molar-refractivity contribution in [3.05, 3.63) is 89.5 Å². The first kappa shape index (κ1) is 18.3. The van der Waals surface area contributed by atoms with Crippen LogP contribution in [0.15, 0.2) is 72.8 Å². The van der Waals surface area contributed by atoms with E-state index in [-0.39, 0.29) is 11.9 Å². The van der Waals surface area contributed by atoms with E-state index < -0.39 is 6.10 Å². The SMILES string of the molecule is COC(=O)c1cccc(-c2ccc3c(c2)OCC(Cc2ccccc2)C3O)c1. The summed E-state index contributed by atoms with van der Waals surface area (Å²) in [6.45, 7) is 0.467. The van der Waals surface area contributed by atoms with Crippen molar-refractivity contribution in [2.24, 2.45) is 5.92 Å². The Kier molecular flexibility index (Phi) is 5.13. The molecule has 4 heteroatoms. The molecule has 0 aliphatic carbocycles. The van der Waals surface area contributed by atoms with E-state index in [0.29, 0.717) is 17.9 Å². The summed E-state index contributed by atoms with van der Waals surface area (Å²) in [7, 11) is 1.37. The lowest BCUT2D eigenvalue weighted by molar-refractivity contribution is 0.0508. The molecule has 1 aliphatic heterocycles. The van der Waals surface area contributed by atoms with Crippen molar-refractivity contribution < 1.29 is 19.4 Å². The molecule has 0 aromatic heterocycles. The van der Waals surface area contributed by atoms with Crippen LogP contribution in [0.25, 0.3) is 11.1 Å². The Morgan fingerprint density at radius 1 is 1.04 bits per heavy atom. The molecule has 0 saturated carbocycles. The van der Waals surface area contributed by atoms with Gasteiger partial charge in [-0.2, -0.15) is 0 Å². The van der Waals surface area contributed by atoms with E-state index in [1.165, 1.54) is 12.7 Å². The van der Waals surface area contributed by atoms with E-state index in [4.69, 9.17) is 9.47 Å². The number of hydrogen-bond acceptors (Lipinski definition) is 4. The number of aliphatic hydroxyl groups excluding tert-OH is 1. The Morgan fingerprint density at radius 2 is 1.82 bits per heavy atom. The second kappa shape index (κ2) is 7.87. The summed E-state index contributed by atoms with van der Waals surface area (Å²) in [5.74, 6) is 0.344. The van der Waals surface area contributed by atoms with Crippen molar-refractivity contribution in [2.75, 3.05) is 13.7 Å². The van der Waals surface area contributed by atoms with Gasteiger partial charge in [-0.1, -0.05) is 54.6 Å². The van der Waals surface area contributed by atoms with Crippen molar-refractivity contribution in [3.8, 4) is 16.9 Å². The molecule has 0 radical (unpaired) electrons. The summed E-state index contributed by atoms with van der Waals surface area (Å²) < 4.78 is 10.8. The molecule has 3 aromatic rings. The Hall–Kier alpha value is -3.11. The highest BCUT2D eigenvalue weighted by Gasteiger charge is 2.29. The van der Waals surface area contributed by atoms with Crippen molar-refractivity contribution in [1.82, 2.24) is 0 Å². The maximum atomic E-state index is 11.8. The van der Waals surface area contributed by atoms with Gasteiger partial charge in [0.2, 0.25) is 0 Å². The van der Waals surface area contributed by atoms with Gasteiger partial charge >= 0.3 is 5.97 Å². The number of ether oxygens (including phenoxy) is 2. The molecule has 0 saturated heterocycles. The second-order valence-electron chi connectivity index (χ2n) is 7.03. The van der Waals surface area contributed by atoms with Crippen molar-refractivity contribution in [2.45, 2.75) is 12.5 Å². The first-order chi connectivity index (χ1) is 13.7. The molecule has 2 atom stereocenters. The smallest absolute Gasteiger partial charge is 0.337 e. The van der Waals surface area contributed by atoms with Crippen LogP contribution in [0.2, 0.25) is 0 Å². The summed E-state index contributed by atoms with van der Waals surface area (Å²) >= 11 is 0. The zero-order chi connectivity index (χ0) is 19.5. The highest BCUT2D eigenvalue weighted by Crippen LogP contribution is 2.39. The molecule has 1 heterocycles. The quantitative estimate of drug-likeness (QED) is 0.687. The number of fused-ring (bicyclic) bond motifs is 1. The van der Waals surface area contributed by atoms with E-state index in [2.05, 4.69) is 12.1 Å². The minimum atomic E-state index is -0.570. The average Bonchev–Trinajstić information content (AvgIpc) is 2.76. The van der Waals surface area contributed by atoms with Gasteiger partial charge in [-0.25, -0.2) is 4.79 Å². The number of rotatable bonds is 4. The summed E-state index contributed by atoms with van der Waals surface area (Å²) in [5, 5.41) is 10.9. The molecule has 28 heavy (non-hydrogen) atoms. The fourth-order valence-electron chi connectivity index (χ4n) is 3.66. The molecule has 142 valence electrons. The predicted octanol–water partition coefficient (Wildman–Crippen LogP) is 4.42. The van der Waals surface area contributed by atoms with Crippen molar-refractivity contribution in [3.63, 3.8) is 0 Å². The lowest BCUT2D eigenvalue weighted by Gasteiger charge is -2.30. The molecule has 0 amide bonds. The summed E-state index contributed by atoms with van der Waals surface area (Å²) in [4.78, 5) is 11.8. The van der Waals surface area contributed by atoms with Crippen LogP contribution < -0.4 is 4.74 Å². The van der Waals surface area contributed by atoms with Gasteiger partial charge in [-0.05, 0) is 41.3 Å². The van der Waals surface area contributed by atoms with Gasteiger partial charge in [0, 0.05) is 11.5 Å². The van der Waals surface area contributed by atoms with E-state index in [0.717, 1.165) is 23.1 Å². The monoisotopic (exact) mass is 374 g/mol. The fraction of sp³-hybridized carbons (Fsp3) is 0.208. The van der Waals surface area contributed by atoms with Gasteiger partial charge < -0.3 is 14.6 Å². The van der Waals surface area contributed by atoms with Gasteiger partial charge in [0.15, 0.2) is 0 Å². The third kappa shape index (κ3) is 3.64. The maximum Gasteiger partial charge on any atom is 0.337 e. The number of carbonyl (C=O) groups excluding carboxylic acids is 1. The van der Waals surface area contributed by atoms with Gasteiger partial charge in [-0.15, -0.1) is 0 Å². The topological polar surface area (TPSA) is 55.8 Å². The Labute approximate surface area is 164 Å². The van der Waals surface area contributed by atoms with Gasteiger partial charge in [0.25, 0.3) is 0 Å². The van der Waals surface area contributed by atoms with Crippen LogP contribution in [-0.2, 0) is 11.2 Å². The standard InChI is InChI=1S/C24H22O4/c1-27-24(26)19-9-5-8-17(13-19)18-10-11-21-22(14-18)28-15-20(23(21)25)12-16-6-3-2-4-7-16/h2-11,13-14,20,23,25H,12,15H2,1H3. The molecular formula is C24H22O4. The first-order valence-corrected chi connectivity index (χ1v) is 9.33. The van der Waals surface area contributed by atoms with E-state index >= 15 is 0 Å². The first-order valence-electron chi connectivity index (χ1n) is 9.33. The summed E-state index contributed by atoms with van der Waals surface area (Å²) in [6, 6.07) is 23.2. The molecule has 1 aliphatic rings. The summed E-state index contributed by atoms with van der Waals surface area (Å²) in [5.41, 5.74) is 4.32. The van der Waals surface area contributed by atoms with E-state index in [9.17, 15) is 9.90 Å². The Bertz CT molecular complexity index is 981. The third-order valence-corrected chi connectivity index (χ3v) is 5.19. The lowest BCUT2D eigenvalue weighted by atomic mass is 9.87. The number of hydrogen-bond donors (Lipinski definition) is 1. The average molecular weight is 374 g/mol. The normalized spacial score (nSPS) is 18.1. The van der Waals surface area contributed by atoms with Crippen LogP contribution >= 0.6 is 0 Å². The second-order valence-corrected chi connectivity index (χ2v) is 7.03. The Morgan fingerprint density at radius 3 is 2.61 bits per heavy atom. The predicted molar refractivity (Wildman–Crippen MR) is 107 cm³/mol. The van der Waals surface area contributed by atoms with Gasteiger partial charge in [0.1, 0.15) is 5.75 Å². The minimum absolute atomic E-state index is 0.0170. The highest BCUT2D eigenvalue weighted by molar-refractivity contribution is 5.91. The van der Waals surface area contributed by atoms with Crippen LogP contribution in [0.4, 0.5) is 0 Å². The molecule has 4 nitrogen and oxygen atoms in total. The molecule has 1 N–H and O–H groups in total. The van der Waals surface area contributed by atoms with Gasteiger partial charge in [0.05, 0.1) is 25.4 Å². The molecule has 0 bridgehead atoms. The number of aliphatic hydroxyl groups is 1. The third-order valence-electron chi connectivity index (χ3n) is 5.19. The fourth-order valence-corrected chi connectivity index (χ4v) is 3.66. The zero-order valence-electron chi connectivity index (χ0n) is 15.7. The van der Waals surface area contributed by atoms with Crippen LogP contribution in [0.3, 0.4) is 0 Å².